The number of fused-ring (bicyclic) bond motifs is 1. The Bertz CT molecular complexity index is 1210. The first kappa shape index (κ1) is 23.8. The van der Waals surface area contributed by atoms with Crippen molar-refractivity contribution in [1.29, 1.82) is 0 Å². The fraction of sp³-hybridized carbons (Fsp3) is 0.292. The topological polar surface area (TPSA) is 65.5 Å². The predicted octanol–water partition coefficient (Wildman–Crippen LogP) is 4.38. The van der Waals surface area contributed by atoms with Gasteiger partial charge >= 0.3 is 6.18 Å². The van der Waals surface area contributed by atoms with Gasteiger partial charge in [-0.3, -0.25) is 9.59 Å². The number of nitrogens with one attached hydrogen (secondary N) is 1. The van der Waals surface area contributed by atoms with Crippen LogP contribution in [-0.4, -0.2) is 54.4 Å². The molecule has 0 bridgehead atoms. The van der Waals surface area contributed by atoms with Crippen LogP contribution >= 0.6 is 11.6 Å². The summed E-state index contributed by atoms with van der Waals surface area (Å²) in [6.07, 6.45) is -3.60. The standard InChI is InChI=1S/C24H22ClF3N4O2/c25-20-14-19(24(26,27)28)15-30-22(20)32-11-9-31(10-12-32)21(33)7-8-29-23(34)18-6-5-16-3-1-2-4-17(16)13-18/h1-6,13-15H,7-12H2,(H,29,34). The number of alkyl halides is 3. The van der Waals surface area contributed by atoms with Gasteiger partial charge in [-0.15, -0.1) is 0 Å². The molecule has 2 amide bonds. The Morgan fingerprint density at radius 1 is 1.00 bits per heavy atom. The number of carbonyl (C=O) groups excluding carboxylic acids is 2. The van der Waals surface area contributed by atoms with Crippen molar-refractivity contribution in [3.05, 3.63) is 70.9 Å². The van der Waals surface area contributed by atoms with E-state index in [0.717, 1.165) is 23.0 Å². The third-order valence-corrected chi connectivity index (χ3v) is 6.00. The van der Waals surface area contributed by atoms with Crippen molar-refractivity contribution in [2.45, 2.75) is 12.6 Å². The SMILES string of the molecule is O=C(NCCC(=O)N1CCN(c2ncc(C(F)(F)F)cc2Cl)CC1)c1ccc2ccccc2c1. The maximum Gasteiger partial charge on any atom is 0.417 e. The Morgan fingerprint density at radius 2 is 1.71 bits per heavy atom. The van der Waals surface area contributed by atoms with Gasteiger partial charge in [0.15, 0.2) is 0 Å². The molecule has 3 aromatic rings. The molecule has 6 nitrogen and oxygen atoms in total. The highest BCUT2D eigenvalue weighted by molar-refractivity contribution is 6.33. The molecule has 0 radical (unpaired) electrons. The molecule has 0 unspecified atom stereocenters. The first-order chi connectivity index (χ1) is 16.2. The maximum atomic E-state index is 12.8. The maximum absolute atomic E-state index is 12.8. The van der Waals surface area contributed by atoms with E-state index in [9.17, 15) is 22.8 Å². The average molecular weight is 491 g/mol. The van der Waals surface area contributed by atoms with E-state index in [2.05, 4.69) is 10.3 Å². The zero-order chi connectivity index (χ0) is 24.3. The first-order valence-corrected chi connectivity index (χ1v) is 11.1. The Hall–Kier alpha value is -3.33. The monoisotopic (exact) mass is 490 g/mol. The van der Waals surface area contributed by atoms with Gasteiger partial charge in [0, 0.05) is 50.9 Å². The Balaban J connectivity index is 1.25. The second-order valence-electron chi connectivity index (χ2n) is 7.96. The summed E-state index contributed by atoms with van der Waals surface area (Å²) in [5.41, 5.74) is -0.374. The van der Waals surface area contributed by atoms with Crippen molar-refractivity contribution in [3.63, 3.8) is 0 Å². The number of nitrogens with zero attached hydrogens (tertiary/aromatic N) is 3. The van der Waals surface area contributed by atoms with Crippen LogP contribution in [0.2, 0.25) is 5.02 Å². The van der Waals surface area contributed by atoms with Crippen LogP contribution in [0.3, 0.4) is 0 Å². The minimum absolute atomic E-state index is 0.0778. The van der Waals surface area contributed by atoms with Gasteiger partial charge in [-0.2, -0.15) is 13.2 Å². The molecule has 1 aliphatic heterocycles. The van der Waals surface area contributed by atoms with E-state index < -0.39 is 11.7 Å². The van der Waals surface area contributed by atoms with Crippen LogP contribution in [-0.2, 0) is 11.0 Å². The van der Waals surface area contributed by atoms with Crippen LogP contribution in [0, 0.1) is 0 Å². The van der Waals surface area contributed by atoms with Crippen molar-refractivity contribution < 1.29 is 22.8 Å². The molecule has 178 valence electrons. The van der Waals surface area contributed by atoms with Crippen molar-refractivity contribution >= 4 is 40.0 Å². The molecule has 1 aromatic heterocycles. The molecule has 2 aromatic carbocycles. The van der Waals surface area contributed by atoms with Gasteiger partial charge in [-0.25, -0.2) is 4.98 Å². The molecule has 1 aliphatic rings. The Kier molecular flexibility index (Phi) is 6.92. The molecule has 0 atom stereocenters. The van der Waals surface area contributed by atoms with Crippen molar-refractivity contribution in [2.24, 2.45) is 0 Å². The lowest BCUT2D eigenvalue weighted by Crippen LogP contribution is -2.49. The molecule has 0 saturated carbocycles. The molecule has 34 heavy (non-hydrogen) atoms. The second kappa shape index (κ2) is 9.89. The number of halogens is 4. The lowest BCUT2D eigenvalue weighted by Gasteiger charge is -2.36. The summed E-state index contributed by atoms with van der Waals surface area (Å²) >= 11 is 6.02. The van der Waals surface area contributed by atoms with Crippen molar-refractivity contribution in [1.82, 2.24) is 15.2 Å². The highest BCUT2D eigenvalue weighted by Gasteiger charge is 2.32. The summed E-state index contributed by atoms with van der Waals surface area (Å²) < 4.78 is 38.4. The highest BCUT2D eigenvalue weighted by Crippen LogP contribution is 2.33. The Labute approximate surface area is 199 Å². The number of carbonyl (C=O) groups is 2. The summed E-state index contributed by atoms with van der Waals surface area (Å²) in [5.74, 6) is -0.0826. The number of benzene rings is 2. The number of rotatable bonds is 5. The van der Waals surface area contributed by atoms with Crippen LogP contribution in [0.4, 0.5) is 19.0 Å². The van der Waals surface area contributed by atoms with Gasteiger partial charge in [-0.05, 0) is 29.0 Å². The molecule has 2 heterocycles. The van der Waals surface area contributed by atoms with Crippen molar-refractivity contribution in [2.75, 3.05) is 37.6 Å². The third-order valence-electron chi connectivity index (χ3n) is 5.72. The zero-order valence-electron chi connectivity index (χ0n) is 18.1. The largest absolute Gasteiger partial charge is 0.417 e. The average Bonchev–Trinajstić information content (AvgIpc) is 2.83. The van der Waals surface area contributed by atoms with E-state index in [1.165, 1.54) is 0 Å². The number of hydrogen-bond donors (Lipinski definition) is 1. The van der Waals surface area contributed by atoms with E-state index in [1.54, 1.807) is 15.9 Å². The van der Waals surface area contributed by atoms with Crippen LogP contribution in [0.1, 0.15) is 22.3 Å². The number of pyridine rings is 1. The van der Waals surface area contributed by atoms with Crippen LogP contribution in [0.5, 0.6) is 0 Å². The summed E-state index contributed by atoms with van der Waals surface area (Å²) in [4.78, 5) is 32.3. The summed E-state index contributed by atoms with van der Waals surface area (Å²) in [7, 11) is 0. The fourth-order valence-electron chi connectivity index (χ4n) is 3.86. The van der Waals surface area contributed by atoms with Crippen molar-refractivity contribution in [3.8, 4) is 0 Å². The van der Waals surface area contributed by atoms with Gasteiger partial charge in [0.1, 0.15) is 5.82 Å². The summed E-state index contributed by atoms with van der Waals surface area (Å²) in [5, 5.41) is 4.71. The predicted molar refractivity (Wildman–Crippen MR) is 124 cm³/mol. The van der Waals surface area contributed by atoms with Crippen LogP contribution in [0.25, 0.3) is 10.8 Å². The molecule has 1 saturated heterocycles. The normalized spacial score (nSPS) is 14.4. The van der Waals surface area contributed by atoms with Gasteiger partial charge < -0.3 is 15.1 Å². The Morgan fingerprint density at radius 3 is 2.38 bits per heavy atom. The number of aromatic nitrogens is 1. The van der Waals surface area contributed by atoms with Gasteiger partial charge in [0.25, 0.3) is 5.91 Å². The van der Waals surface area contributed by atoms with E-state index in [-0.39, 0.29) is 35.6 Å². The fourth-order valence-corrected chi connectivity index (χ4v) is 4.15. The number of amides is 2. The van der Waals surface area contributed by atoms with E-state index in [0.29, 0.717) is 31.7 Å². The molecule has 4 rings (SSSR count). The number of piperazine rings is 1. The molecule has 0 spiro atoms. The highest BCUT2D eigenvalue weighted by atomic mass is 35.5. The van der Waals surface area contributed by atoms with E-state index >= 15 is 0 Å². The summed E-state index contributed by atoms with van der Waals surface area (Å²) in [6.45, 7) is 1.77. The molecule has 10 heteroatoms. The first-order valence-electron chi connectivity index (χ1n) is 10.7. The minimum Gasteiger partial charge on any atom is -0.352 e. The number of hydrogen-bond acceptors (Lipinski definition) is 4. The van der Waals surface area contributed by atoms with Crippen LogP contribution < -0.4 is 10.2 Å². The zero-order valence-corrected chi connectivity index (χ0v) is 18.9. The van der Waals surface area contributed by atoms with E-state index in [4.69, 9.17) is 11.6 Å². The molecule has 1 fully saturated rings. The third kappa shape index (κ3) is 5.41. The minimum atomic E-state index is -4.51. The number of anilines is 1. The smallest absolute Gasteiger partial charge is 0.352 e. The molecule has 1 N–H and O–H groups in total. The van der Waals surface area contributed by atoms with E-state index in [1.807, 2.05) is 36.4 Å². The lowest BCUT2D eigenvalue weighted by molar-refractivity contribution is -0.137. The summed E-state index contributed by atoms with van der Waals surface area (Å²) in [6, 6.07) is 14.0. The lowest BCUT2D eigenvalue weighted by atomic mass is 10.1. The van der Waals surface area contributed by atoms with Crippen LogP contribution in [0.15, 0.2) is 54.7 Å². The quantitative estimate of drug-likeness (QED) is 0.576. The second-order valence-corrected chi connectivity index (χ2v) is 8.37. The van der Waals surface area contributed by atoms with Gasteiger partial charge in [-0.1, -0.05) is 41.9 Å². The molecular weight excluding hydrogens is 469 g/mol. The van der Waals surface area contributed by atoms with Gasteiger partial charge in [0.2, 0.25) is 5.91 Å². The molecule has 0 aliphatic carbocycles. The molecular formula is C24H22ClF3N4O2. The van der Waals surface area contributed by atoms with Gasteiger partial charge in [0.05, 0.1) is 10.6 Å².